The Morgan fingerprint density at radius 2 is 0.872 bits per heavy atom. The smallest absolute Gasteiger partial charge is 0.255 e. The van der Waals surface area contributed by atoms with Crippen molar-refractivity contribution in [1.82, 2.24) is 41.0 Å². The number of carbonyl (C=O) groups is 8. The highest BCUT2D eigenvalue weighted by molar-refractivity contribution is 6.10. The number of carbonyl (C=O) groups excluding carboxylic acids is 8. The minimum atomic E-state index is -0.973. The molecule has 9 rings (SSSR count). The largest absolute Gasteiger partial charge is 0.343 e. The average molecular weight is 1170 g/mol. The van der Waals surface area contributed by atoms with Crippen LogP contribution in [-0.2, 0) is 32.0 Å². The number of anilines is 2. The number of hydrogen-bond donors (Lipinski definition) is 6. The molecule has 6 amide bonds. The van der Waals surface area contributed by atoms with Gasteiger partial charge in [0.15, 0.2) is 11.6 Å². The summed E-state index contributed by atoms with van der Waals surface area (Å²) >= 11 is 0. The third-order valence-electron chi connectivity index (χ3n) is 15.7. The molecule has 4 heterocycles. The molecule has 0 saturated carbocycles. The number of pyridine rings is 2. The molecule has 2 fully saturated rings. The predicted molar refractivity (Wildman–Crippen MR) is 319 cm³/mol. The highest BCUT2D eigenvalue weighted by Crippen LogP contribution is 2.35. The Kier molecular flexibility index (Phi) is 19.7. The number of hydrogen-bond acceptors (Lipinski definition) is 12. The van der Waals surface area contributed by atoms with Gasteiger partial charge < -0.3 is 41.7 Å². The zero-order chi connectivity index (χ0) is 61.0. The van der Waals surface area contributed by atoms with E-state index in [1.807, 2.05) is 0 Å². The van der Waals surface area contributed by atoms with Crippen LogP contribution in [0.15, 0.2) is 158 Å². The van der Waals surface area contributed by atoms with E-state index < -0.39 is 59.7 Å². The van der Waals surface area contributed by atoms with Crippen LogP contribution in [0, 0.1) is 11.6 Å². The Morgan fingerprint density at radius 1 is 0.488 bits per heavy atom. The molecule has 0 spiro atoms. The van der Waals surface area contributed by atoms with Crippen molar-refractivity contribution in [2.75, 3.05) is 37.8 Å². The number of amides is 6. The van der Waals surface area contributed by atoms with Crippen molar-refractivity contribution >= 4 is 58.4 Å². The van der Waals surface area contributed by atoms with Crippen LogP contribution in [0.1, 0.15) is 126 Å². The summed E-state index contributed by atoms with van der Waals surface area (Å²) in [5, 5.41) is 17.4. The second-order valence-corrected chi connectivity index (χ2v) is 21.5. The first-order chi connectivity index (χ1) is 41.5. The van der Waals surface area contributed by atoms with Gasteiger partial charge in [0, 0.05) is 95.5 Å². The maximum absolute atomic E-state index is 14.5. The minimum Gasteiger partial charge on any atom is -0.343 e. The Bertz CT molecular complexity index is 3410. The molecule has 6 N–H and O–H groups in total. The van der Waals surface area contributed by atoms with Gasteiger partial charge in [0.25, 0.3) is 11.8 Å². The van der Waals surface area contributed by atoms with Crippen molar-refractivity contribution in [3.05, 3.63) is 226 Å². The Balaban J connectivity index is 0.822. The molecule has 5 aromatic carbocycles. The Hall–Kier alpha value is -9.66. The maximum Gasteiger partial charge on any atom is 0.255 e. The fourth-order valence-corrected chi connectivity index (χ4v) is 10.6. The molecule has 0 aliphatic carbocycles. The molecule has 6 unspecified atom stereocenters. The van der Waals surface area contributed by atoms with Gasteiger partial charge in [-0.25, -0.2) is 8.78 Å². The van der Waals surface area contributed by atoms with E-state index >= 15 is 0 Å². The first-order valence-corrected chi connectivity index (χ1v) is 28.4. The summed E-state index contributed by atoms with van der Waals surface area (Å²) in [4.78, 5) is 122. The normalized spacial score (nSPS) is 16.1. The second-order valence-electron chi connectivity index (χ2n) is 21.5. The molecule has 86 heavy (non-hydrogen) atoms. The molecule has 2 aliphatic rings. The van der Waals surface area contributed by atoms with E-state index in [2.05, 4.69) is 41.9 Å². The first-order valence-electron chi connectivity index (χ1n) is 28.4. The lowest BCUT2D eigenvalue weighted by molar-refractivity contribution is -0.137. The topological polar surface area (TPSA) is 241 Å². The van der Waals surface area contributed by atoms with Crippen LogP contribution in [-0.4, -0.2) is 118 Å². The monoisotopic (exact) mass is 1160 g/mol. The number of nitrogens with one attached hydrogen (secondary N) is 6. The third kappa shape index (κ3) is 14.8. The molecule has 0 bridgehead atoms. The van der Waals surface area contributed by atoms with Gasteiger partial charge in [-0.05, 0) is 179 Å². The lowest BCUT2D eigenvalue weighted by atomic mass is 9.99. The fourth-order valence-electron chi connectivity index (χ4n) is 10.6. The van der Waals surface area contributed by atoms with Crippen molar-refractivity contribution in [3.63, 3.8) is 0 Å². The summed E-state index contributed by atoms with van der Waals surface area (Å²) in [6, 6.07) is 29.8. The van der Waals surface area contributed by atoms with Gasteiger partial charge in [-0.2, -0.15) is 0 Å². The van der Waals surface area contributed by atoms with E-state index in [0.717, 1.165) is 0 Å². The van der Waals surface area contributed by atoms with Gasteiger partial charge in [-0.3, -0.25) is 48.3 Å². The van der Waals surface area contributed by atoms with Crippen LogP contribution in [0.25, 0.3) is 0 Å². The Labute approximate surface area is 496 Å². The molecular weight excluding hydrogens is 1100 g/mol. The molecule has 18 nitrogen and oxygen atoms in total. The highest BCUT2D eigenvalue weighted by Gasteiger charge is 2.38. The number of likely N-dealkylation sites (N-methyl/N-ethyl adjacent to an activating group) is 2. The number of ketones is 2. The molecule has 2 aliphatic heterocycles. The third-order valence-corrected chi connectivity index (χ3v) is 15.7. The molecular formula is C66H66F2N10O8. The molecule has 7 aromatic rings. The lowest BCUT2D eigenvalue weighted by Crippen LogP contribution is -2.53. The molecule has 20 heteroatoms. The van der Waals surface area contributed by atoms with E-state index in [1.165, 1.54) is 67.0 Å². The molecule has 0 radical (unpaired) electrons. The van der Waals surface area contributed by atoms with E-state index in [1.54, 1.807) is 129 Å². The fraction of sp³-hybridized carbons (Fsp3) is 0.273. The lowest BCUT2D eigenvalue weighted by Gasteiger charge is -2.30. The maximum atomic E-state index is 14.5. The predicted octanol–water partition coefficient (Wildman–Crippen LogP) is 7.72. The van der Waals surface area contributed by atoms with Crippen LogP contribution in [0.4, 0.5) is 20.2 Å². The SMILES string of the molecule is CNC(C)C(=O)NC(Cc1ccc(NC(=O)c2cccc(C(=O)Nc3ccc(CC(NC(=O)C(C)NC)C(=O)N4CCCC4c4cncc(C(=O)c5ccc(F)cc5)c4)cc3)c2)cc1)C(=O)N1CCCC1c1cncc(C(=O)c2ccc(F)cc2)c1. The van der Waals surface area contributed by atoms with E-state index in [9.17, 15) is 47.1 Å². The summed E-state index contributed by atoms with van der Waals surface area (Å²) < 4.78 is 27.2. The molecule has 442 valence electrons. The number of rotatable bonds is 22. The van der Waals surface area contributed by atoms with Gasteiger partial charge in [-0.15, -0.1) is 0 Å². The van der Waals surface area contributed by atoms with Crippen molar-refractivity contribution in [2.24, 2.45) is 0 Å². The van der Waals surface area contributed by atoms with Gasteiger partial charge in [-0.1, -0.05) is 30.3 Å². The zero-order valence-corrected chi connectivity index (χ0v) is 47.9. The quantitative estimate of drug-likeness (QED) is 0.0358. The number of nitrogens with zero attached hydrogens (tertiary/aromatic N) is 4. The van der Waals surface area contributed by atoms with Gasteiger partial charge in [0.1, 0.15) is 23.7 Å². The van der Waals surface area contributed by atoms with Gasteiger partial charge >= 0.3 is 0 Å². The summed E-state index contributed by atoms with van der Waals surface area (Å²) in [5.41, 5.74) is 5.19. The van der Waals surface area contributed by atoms with Crippen LogP contribution in [0.3, 0.4) is 0 Å². The average Bonchev–Trinajstić information content (AvgIpc) is 3.79. The van der Waals surface area contributed by atoms with E-state index in [-0.39, 0.29) is 59.2 Å². The van der Waals surface area contributed by atoms with Gasteiger partial charge in [0.05, 0.1) is 24.2 Å². The van der Waals surface area contributed by atoms with Crippen LogP contribution < -0.4 is 31.9 Å². The van der Waals surface area contributed by atoms with E-state index in [0.29, 0.717) is 94.7 Å². The number of halogens is 2. The number of benzene rings is 5. The molecule has 2 aromatic heterocycles. The molecule has 2 saturated heterocycles. The number of aromatic nitrogens is 2. The summed E-state index contributed by atoms with van der Waals surface area (Å²) in [7, 11) is 3.29. The standard InChI is InChI=1S/C66H66F2N10O8/c1-39(69-3)61(81)75-55(65(85)77-28-6-10-57(77)47-33-49(37-71-35-47)59(79)43-16-20-51(67)21-17-43)30-41-12-24-53(25-13-41)73-63(83)45-8-5-9-46(32-45)64(84)74-54-26-14-42(15-27-54)31-56(76-62(82)40(2)70-4)66(86)78-29-7-11-58(78)48-34-50(38-72-36-48)60(80)44-18-22-52(68)23-19-44/h5,8-9,12-27,32-40,55-58,69-70H,6-7,10-11,28-31H2,1-4H3,(H,73,83)(H,74,84)(H,75,81)(H,76,82). The first kappa shape index (κ1) is 60.9. The van der Waals surface area contributed by atoms with Crippen molar-refractivity contribution in [3.8, 4) is 0 Å². The van der Waals surface area contributed by atoms with Gasteiger partial charge in [0.2, 0.25) is 23.6 Å². The highest BCUT2D eigenvalue weighted by atomic mass is 19.1. The second kappa shape index (κ2) is 27.8. The Morgan fingerprint density at radius 3 is 1.24 bits per heavy atom. The van der Waals surface area contributed by atoms with Crippen molar-refractivity contribution in [1.29, 1.82) is 0 Å². The minimum absolute atomic E-state index is 0.122. The van der Waals surface area contributed by atoms with Crippen LogP contribution in [0.2, 0.25) is 0 Å². The van der Waals surface area contributed by atoms with Crippen LogP contribution in [0.5, 0.6) is 0 Å². The number of likely N-dealkylation sites (tertiary alicyclic amines) is 2. The molecule has 6 atom stereocenters. The summed E-state index contributed by atoms with van der Waals surface area (Å²) in [5.74, 6) is -3.95. The zero-order valence-electron chi connectivity index (χ0n) is 47.9. The van der Waals surface area contributed by atoms with E-state index in [4.69, 9.17) is 0 Å². The summed E-state index contributed by atoms with van der Waals surface area (Å²) in [6.07, 6.45) is 8.92. The summed E-state index contributed by atoms with van der Waals surface area (Å²) in [6.45, 7) is 4.19. The van der Waals surface area contributed by atoms with Crippen molar-refractivity contribution < 1.29 is 47.1 Å². The van der Waals surface area contributed by atoms with Crippen LogP contribution >= 0.6 is 0 Å². The van der Waals surface area contributed by atoms with Crippen molar-refractivity contribution in [2.45, 2.75) is 88.6 Å².